The summed E-state index contributed by atoms with van der Waals surface area (Å²) in [6.07, 6.45) is 4.04. The summed E-state index contributed by atoms with van der Waals surface area (Å²) in [7, 11) is 0. The maximum absolute atomic E-state index is 3.56. The molecule has 18 heavy (non-hydrogen) atoms. The summed E-state index contributed by atoms with van der Waals surface area (Å²) < 4.78 is 0. The largest absolute Gasteiger partial charge is 0.371 e. The highest BCUT2D eigenvalue weighted by molar-refractivity contribution is 7.99. The Morgan fingerprint density at radius 3 is 2.72 bits per heavy atom. The molecule has 0 amide bonds. The molecule has 2 aliphatic rings. The number of thioether (sulfide) groups is 1. The summed E-state index contributed by atoms with van der Waals surface area (Å²) in [6, 6.07) is 9.94. The summed E-state index contributed by atoms with van der Waals surface area (Å²) >= 11 is 2.08. The fourth-order valence-corrected chi connectivity index (χ4v) is 3.27. The van der Waals surface area contributed by atoms with E-state index in [-0.39, 0.29) is 0 Å². The van der Waals surface area contributed by atoms with Crippen molar-refractivity contribution in [3.63, 3.8) is 0 Å². The molecule has 1 aromatic rings. The SMILES string of the molecule is c1cc(N2CCCSCC2)ccc1CNC1CC1. The van der Waals surface area contributed by atoms with Crippen LogP contribution in [0.4, 0.5) is 5.69 Å². The average molecular weight is 262 g/mol. The van der Waals surface area contributed by atoms with Crippen LogP contribution in [0.2, 0.25) is 0 Å². The van der Waals surface area contributed by atoms with Gasteiger partial charge in [-0.25, -0.2) is 0 Å². The Labute approximate surface area is 114 Å². The summed E-state index contributed by atoms with van der Waals surface area (Å²) in [5, 5.41) is 3.56. The van der Waals surface area contributed by atoms with Crippen molar-refractivity contribution in [2.45, 2.75) is 31.8 Å². The Morgan fingerprint density at radius 2 is 1.94 bits per heavy atom. The summed E-state index contributed by atoms with van der Waals surface area (Å²) in [5.74, 6) is 2.59. The zero-order valence-electron chi connectivity index (χ0n) is 10.9. The van der Waals surface area contributed by atoms with Crippen LogP contribution >= 0.6 is 11.8 Å². The van der Waals surface area contributed by atoms with Crippen molar-refractivity contribution >= 4 is 17.4 Å². The second-order valence-corrected chi connectivity index (χ2v) is 6.50. The number of nitrogens with zero attached hydrogens (tertiary/aromatic N) is 1. The van der Waals surface area contributed by atoms with Gasteiger partial charge in [0.2, 0.25) is 0 Å². The summed E-state index contributed by atoms with van der Waals surface area (Å²) in [6.45, 7) is 3.44. The first-order valence-corrected chi connectivity index (χ1v) is 8.22. The molecule has 1 saturated carbocycles. The monoisotopic (exact) mass is 262 g/mol. The van der Waals surface area contributed by atoms with E-state index in [4.69, 9.17) is 0 Å². The number of benzene rings is 1. The van der Waals surface area contributed by atoms with E-state index in [0.717, 1.165) is 12.6 Å². The second kappa shape index (κ2) is 5.98. The van der Waals surface area contributed by atoms with Gasteiger partial charge in [-0.2, -0.15) is 11.8 Å². The third-order valence-electron chi connectivity index (χ3n) is 3.70. The van der Waals surface area contributed by atoms with Gasteiger partial charge in [0.25, 0.3) is 0 Å². The molecule has 0 atom stereocenters. The molecule has 2 nitrogen and oxygen atoms in total. The van der Waals surface area contributed by atoms with Gasteiger partial charge in [-0.15, -0.1) is 0 Å². The molecule has 0 spiro atoms. The third-order valence-corrected chi connectivity index (χ3v) is 4.74. The van der Waals surface area contributed by atoms with Crippen LogP contribution in [-0.2, 0) is 6.54 Å². The van der Waals surface area contributed by atoms with Crippen molar-refractivity contribution in [2.24, 2.45) is 0 Å². The topological polar surface area (TPSA) is 15.3 Å². The highest BCUT2D eigenvalue weighted by Gasteiger charge is 2.19. The van der Waals surface area contributed by atoms with Gasteiger partial charge in [0.05, 0.1) is 0 Å². The first-order chi connectivity index (χ1) is 8.92. The number of nitrogens with one attached hydrogen (secondary N) is 1. The van der Waals surface area contributed by atoms with Crippen LogP contribution in [0.1, 0.15) is 24.8 Å². The van der Waals surface area contributed by atoms with Crippen molar-refractivity contribution in [1.29, 1.82) is 0 Å². The van der Waals surface area contributed by atoms with E-state index in [9.17, 15) is 0 Å². The van der Waals surface area contributed by atoms with Crippen LogP contribution in [0.5, 0.6) is 0 Å². The van der Waals surface area contributed by atoms with Gasteiger partial charge in [-0.05, 0) is 42.7 Å². The average Bonchev–Trinajstić information content (AvgIpc) is 3.24. The summed E-state index contributed by atoms with van der Waals surface area (Å²) in [5.41, 5.74) is 2.81. The van der Waals surface area contributed by atoms with Crippen molar-refractivity contribution in [1.82, 2.24) is 5.32 Å². The fourth-order valence-electron chi connectivity index (χ4n) is 2.38. The number of hydrogen-bond acceptors (Lipinski definition) is 3. The molecule has 0 unspecified atom stereocenters. The normalized spacial score (nSPS) is 20.8. The minimum atomic E-state index is 0.798. The molecule has 98 valence electrons. The van der Waals surface area contributed by atoms with Crippen molar-refractivity contribution in [3.8, 4) is 0 Å². The first-order valence-electron chi connectivity index (χ1n) is 7.07. The Kier molecular flexibility index (Phi) is 4.11. The van der Waals surface area contributed by atoms with Crippen molar-refractivity contribution < 1.29 is 0 Å². The lowest BCUT2D eigenvalue weighted by molar-refractivity contribution is 0.687. The lowest BCUT2D eigenvalue weighted by Crippen LogP contribution is -2.25. The number of anilines is 1. The minimum absolute atomic E-state index is 0.798. The molecule has 0 aromatic heterocycles. The molecular formula is C15H22N2S. The highest BCUT2D eigenvalue weighted by Crippen LogP contribution is 2.21. The van der Waals surface area contributed by atoms with E-state index in [1.54, 1.807) is 0 Å². The van der Waals surface area contributed by atoms with Crippen LogP contribution in [-0.4, -0.2) is 30.6 Å². The number of rotatable bonds is 4. The molecule has 0 bridgehead atoms. The third kappa shape index (κ3) is 3.42. The predicted octanol–water partition coefficient (Wildman–Crippen LogP) is 2.88. The quantitative estimate of drug-likeness (QED) is 0.898. The molecule has 2 fully saturated rings. The van der Waals surface area contributed by atoms with Gasteiger partial charge >= 0.3 is 0 Å². The standard InChI is InChI=1S/C15H22N2S/c1-8-17(9-11-18-10-1)15-6-2-13(3-7-15)12-16-14-4-5-14/h2-3,6-7,14,16H,1,4-5,8-12H2. The molecule has 0 radical (unpaired) electrons. The van der Waals surface area contributed by atoms with Gasteiger partial charge in [0.15, 0.2) is 0 Å². The Morgan fingerprint density at radius 1 is 1.11 bits per heavy atom. The van der Waals surface area contributed by atoms with Gasteiger partial charge in [-0.3, -0.25) is 0 Å². The fraction of sp³-hybridized carbons (Fsp3) is 0.600. The van der Waals surface area contributed by atoms with Crippen LogP contribution < -0.4 is 10.2 Å². The first kappa shape index (κ1) is 12.4. The van der Waals surface area contributed by atoms with Crippen molar-refractivity contribution in [3.05, 3.63) is 29.8 Å². The van der Waals surface area contributed by atoms with E-state index >= 15 is 0 Å². The van der Waals surface area contributed by atoms with Gasteiger partial charge in [0.1, 0.15) is 0 Å². The molecule has 1 saturated heterocycles. The molecule has 1 aliphatic carbocycles. The Balaban J connectivity index is 1.58. The zero-order valence-corrected chi connectivity index (χ0v) is 11.7. The maximum atomic E-state index is 3.56. The highest BCUT2D eigenvalue weighted by atomic mass is 32.2. The van der Waals surface area contributed by atoms with E-state index < -0.39 is 0 Å². The minimum Gasteiger partial charge on any atom is -0.371 e. The lowest BCUT2D eigenvalue weighted by Gasteiger charge is -2.22. The van der Waals surface area contributed by atoms with E-state index in [2.05, 4.69) is 46.2 Å². The molecule has 1 aromatic carbocycles. The molecule has 3 rings (SSSR count). The van der Waals surface area contributed by atoms with Crippen LogP contribution in [0.3, 0.4) is 0 Å². The van der Waals surface area contributed by atoms with Gasteiger partial charge in [-0.1, -0.05) is 12.1 Å². The van der Waals surface area contributed by atoms with Crippen molar-refractivity contribution in [2.75, 3.05) is 29.5 Å². The zero-order chi connectivity index (χ0) is 12.2. The van der Waals surface area contributed by atoms with E-state index in [1.807, 2.05) is 0 Å². The van der Waals surface area contributed by atoms with E-state index in [1.165, 1.54) is 55.1 Å². The molecule has 1 heterocycles. The van der Waals surface area contributed by atoms with E-state index in [0.29, 0.717) is 0 Å². The number of hydrogen-bond donors (Lipinski definition) is 1. The Hall–Kier alpha value is -0.670. The Bertz CT molecular complexity index is 365. The van der Waals surface area contributed by atoms with Crippen LogP contribution in [0.25, 0.3) is 0 Å². The lowest BCUT2D eigenvalue weighted by atomic mass is 10.2. The van der Waals surface area contributed by atoms with Crippen LogP contribution in [0.15, 0.2) is 24.3 Å². The molecular weight excluding hydrogens is 240 g/mol. The molecule has 1 aliphatic heterocycles. The van der Waals surface area contributed by atoms with Crippen LogP contribution in [0, 0.1) is 0 Å². The predicted molar refractivity (Wildman–Crippen MR) is 80.5 cm³/mol. The maximum Gasteiger partial charge on any atom is 0.0366 e. The second-order valence-electron chi connectivity index (χ2n) is 5.27. The molecule has 3 heteroatoms. The molecule has 1 N–H and O–H groups in total. The van der Waals surface area contributed by atoms with Gasteiger partial charge < -0.3 is 10.2 Å². The summed E-state index contributed by atoms with van der Waals surface area (Å²) in [4.78, 5) is 2.53. The smallest absolute Gasteiger partial charge is 0.0366 e. The van der Waals surface area contributed by atoms with Gasteiger partial charge in [0, 0.05) is 37.1 Å².